The van der Waals surface area contributed by atoms with Gasteiger partial charge in [0.2, 0.25) is 11.8 Å². The minimum Gasteiger partial charge on any atom is -0.355 e. The average molecular weight is 403 g/mol. The highest BCUT2D eigenvalue weighted by Gasteiger charge is 2.32. The Labute approximate surface area is 174 Å². The Kier molecular flexibility index (Phi) is 10.5. The summed E-state index contributed by atoms with van der Waals surface area (Å²) in [5, 5.41) is 22.8. The molecule has 2 unspecified atom stereocenters. The van der Waals surface area contributed by atoms with Gasteiger partial charge < -0.3 is 15.4 Å². The Balaban J connectivity index is 2.07. The molecule has 7 heteroatoms. The van der Waals surface area contributed by atoms with Crippen molar-refractivity contribution in [2.24, 2.45) is 11.8 Å². The molecule has 2 amide bonds. The summed E-state index contributed by atoms with van der Waals surface area (Å²) in [6, 6.07) is 3.85. The summed E-state index contributed by atoms with van der Waals surface area (Å²) in [6.07, 6.45) is 11.0. The van der Waals surface area contributed by atoms with Crippen LogP contribution in [-0.4, -0.2) is 37.1 Å². The van der Waals surface area contributed by atoms with Gasteiger partial charge in [-0.1, -0.05) is 64.2 Å². The van der Waals surface area contributed by atoms with E-state index < -0.39 is 12.2 Å². The van der Waals surface area contributed by atoms with Crippen molar-refractivity contribution >= 4 is 11.8 Å². The molecule has 0 radical (unpaired) electrons. The lowest BCUT2D eigenvalue weighted by Gasteiger charge is -2.31. The highest BCUT2D eigenvalue weighted by Crippen LogP contribution is 2.31. The van der Waals surface area contributed by atoms with Crippen LogP contribution >= 0.6 is 0 Å². The van der Waals surface area contributed by atoms with E-state index in [1.54, 1.807) is 0 Å². The molecule has 2 fully saturated rings. The molecule has 0 aliphatic heterocycles. The van der Waals surface area contributed by atoms with Crippen LogP contribution in [0.1, 0.15) is 77.0 Å². The topological polar surface area (TPSA) is 115 Å². The number of hydrogen-bond donors (Lipinski definition) is 2. The number of nitrogens with zero attached hydrogens (tertiary/aromatic N) is 2. The van der Waals surface area contributed by atoms with Gasteiger partial charge in [-0.05, 0) is 24.7 Å². The van der Waals surface area contributed by atoms with Crippen LogP contribution in [0, 0.1) is 34.5 Å². The van der Waals surface area contributed by atoms with Crippen LogP contribution in [0.2, 0.25) is 0 Å². The third kappa shape index (κ3) is 8.41. The van der Waals surface area contributed by atoms with E-state index in [9.17, 15) is 9.59 Å². The number of amides is 2. The minimum absolute atomic E-state index is 0.0721. The summed E-state index contributed by atoms with van der Waals surface area (Å²) in [4.78, 5) is 25.3. The number of carbonyl (C=O) groups is 2. The molecule has 2 N–H and O–H groups in total. The largest absolute Gasteiger partial charge is 0.355 e. The molecule has 0 heterocycles. The Morgan fingerprint density at radius 2 is 1.14 bits per heavy atom. The van der Waals surface area contributed by atoms with Gasteiger partial charge in [0.05, 0.1) is 12.1 Å². The molecule has 0 aromatic heterocycles. The van der Waals surface area contributed by atoms with Gasteiger partial charge in [-0.2, -0.15) is 10.5 Å². The minimum atomic E-state index is -0.743. The lowest BCUT2D eigenvalue weighted by Crippen LogP contribution is -2.45. The van der Waals surface area contributed by atoms with E-state index in [0.29, 0.717) is 24.7 Å². The number of nitrogens with one attached hydrogen (secondary N) is 2. The van der Waals surface area contributed by atoms with Crippen molar-refractivity contribution in [2.75, 3.05) is 13.1 Å². The molecular formula is C22H34N4O3. The normalized spacial score (nSPS) is 20.1. The van der Waals surface area contributed by atoms with Crippen molar-refractivity contribution < 1.29 is 14.3 Å². The van der Waals surface area contributed by atoms with Crippen molar-refractivity contribution in [3.63, 3.8) is 0 Å². The van der Waals surface area contributed by atoms with Crippen molar-refractivity contribution in [3.05, 3.63) is 0 Å². The van der Waals surface area contributed by atoms with Gasteiger partial charge in [0, 0.05) is 0 Å². The van der Waals surface area contributed by atoms with Gasteiger partial charge in [0.15, 0.2) is 0 Å². The second kappa shape index (κ2) is 13.2. The Morgan fingerprint density at radius 1 is 0.759 bits per heavy atom. The summed E-state index contributed by atoms with van der Waals surface area (Å²) in [6.45, 7) is -0.144. The van der Waals surface area contributed by atoms with Crippen LogP contribution in [-0.2, 0) is 14.3 Å². The van der Waals surface area contributed by atoms with Gasteiger partial charge in [-0.15, -0.1) is 0 Å². The Morgan fingerprint density at radius 3 is 1.48 bits per heavy atom. The van der Waals surface area contributed by atoms with E-state index in [4.69, 9.17) is 15.3 Å². The second-order valence-electron chi connectivity index (χ2n) is 8.34. The maximum Gasteiger partial charge on any atom is 0.250 e. The van der Waals surface area contributed by atoms with Gasteiger partial charge >= 0.3 is 0 Å². The van der Waals surface area contributed by atoms with E-state index in [0.717, 1.165) is 51.4 Å². The molecular weight excluding hydrogens is 368 g/mol. The van der Waals surface area contributed by atoms with Crippen LogP contribution in [0.4, 0.5) is 0 Å². The first-order valence-electron chi connectivity index (χ1n) is 11.1. The summed E-state index contributed by atoms with van der Waals surface area (Å²) in [7, 11) is 0. The third-order valence-electron chi connectivity index (χ3n) is 6.14. The number of rotatable bonds is 10. The quantitative estimate of drug-likeness (QED) is 0.545. The third-order valence-corrected chi connectivity index (χ3v) is 6.14. The van der Waals surface area contributed by atoms with Crippen molar-refractivity contribution in [1.82, 2.24) is 10.6 Å². The first kappa shape index (κ1) is 23.2. The van der Waals surface area contributed by atoms with Crippen LogP contribution in [0.3, 0.4) is 0 Å². The zero-order chi connectivity index (χ0) is 20.9. The molecule has 160 valence electrons. The molecule has 0 spiro atoms. The molecule has 2 aliphatic carbocycles. The smallest absolute Gasteiger partial charge is 0.250 e. The maximum absolute atomic E-state index is 12.7. The number of nitriles is 2. The molecule has 7 nitrogen and oxygen atoms in total. The van der Waals surface area contributed by atoms with Crippen LogP contribution in [0.5, 0.6) is 0 Å². The molecule has 0 saturated heterocycles. The second-order valence-corrected chi connectivity index (χ2v) is 8.34. The molecule has 29 heavy (non-hydrogen) atoms. The van der Waals surface area contributed by atoms with Crippen LogP contribution < -0.4 is 10.6 Å². The van der Waals surface area contributed by atoms with Crippen LogP contribution in [0.25, 0.3) is 0 Å². The van der Waals surface area contributed by atoms with Gasteiger partial charge in [0.1, 0.15) is 25.3 Å². The summed E-state index contributed by atoms with van der Waals surface area (Å²) >= 11 is 0. The summed E-state index contributed by atoms with van der Waals surface area (Å²) in [5.41, 5.74) is 0. The van der Waals surface area contributed by atoms with Gasteiger partial charge in [-0.3, -0.25) is 9.59 Å². The molecule has 2 rings (SSSR count). The Hall–Kier alpha value is -2.12. The van der Waals surface area contributed by atoms with E-state index in [2.05, 4.69) is 10.6 Å². The van der Waals surface area contributed by atoms with Crippen molar-refractivity contribution in [2.45, 2.75) is 89.3 Å². The highest BCUT2D eigenvalue weighted by atomic mass is 16.5. The zero-order valence-corrected chi connectivity index (χ0v) is 17.3. The van der Waals surface area contributed by atoms with Crippen LogP contribution in [0.15, 0.2) is 0 Å². The molecule has 0 aromatic carbocycles. The highest BCUT2D eigenvalue weighted by molar-refractivity contribution is 5.83. The number of carbonyl (C=O) groups excluding carboxylic acids is 2. The molecule has 2 aliphatic rings. The fourth-order valence-electron chi connectivity index (χ4n) is 4.58. The zero-order valence-electron chi connectivity index (χ0n) is 17.3. The van der Waals surface area contributed by atoms with Gasteiger partial charge in [0.25, 0.3) is 0 Å². The molecule has 0 bridgehead atoms. The van der Waals surface area contributed by atoms with Crippen molar-refractivity contribution in [3.8, 4) is 12.1 Å². The number of ether oxygens (including phenoxy) is 1. The monoisotopic (exact) mass is 402 g/mol. The lowest BCUT2D eigenvalue weighted by molar-refractivity contribution is -0.149. The van der Waals surface area contributed by atoms with Crippen molar-refractivity contribution in [1.29, 1.82) is 10.5 Å². The lowest BCUT2D eigenvalue weighted by atomic mass is 9.84. The summed E-state index contributed by atoms with van der Waals surface area (Å²) < 4.78 is 6.13. The van der Waals surface area contributed by atoms with E-state index in [1.807, 2.05) is 12.1 Å². The first-order valence-corrected chi connectivity index (χ1v) is 11.1. The predicted molar refractivity (Wildman–Crippen MR) is 108 cm³/mol. The number of hydrogen-bond acceptors (Lipinski definition) is 5. The SMILES string of the molecule is N#CCNC(=O)C(CC1CCCCC1)OC(CC1CCCCC1)C(=O)NCC#N. The fraction of sp³-hybridized carbons (Fsp3) is 0.818. The first-order chi connectivity index (χ1) is 14.1. The average Bonchev–Trinajstić information content (AvgIpc) is 2.76. The predicted octanol–water partition coefficient (Wildman–Crippen LogP) is 2.96. The molecule has 2 atom stereocenters. The Bertz CT molecular complexity index is 546. The van der Waals surface area contributed by atoms with E-state index in [1.165, 1.54) is 12.8 Å². The van der Waals surface area contributed by atoms with E-state index >= 15 is 0 Å². The molecule has 0 aromatic rings. The fourth-order valence-corrected chi connectivity index (χ4v) is 4.58. The van der Waals surface area contributed by atoms with Gasteiger partial charge in [-0.25, -0.2) is 0 Å². The van der Waals surface area contributed by atoms with E-state index in [-0.39, 0.29) is 24.9 Å². The summed E-state index contributed by atoms with van der Waals surface area (Å²) in [5.74, 6) is 0.163. The maximum atomic E-state index is 12.7. The standard InChI is InChI=1S/C22H34N4O3/c23-11-13-25-21(27)19(15-17-7-3-1-4-8-17)29-20(22(28)26-14-12-24)16-18-9-5-2-6-10-18/h17-20H,1-10,13-16H2,(H,25,27)(H,26,28). The molecule has 2 saturated carbocycles.